The Balaban J connectivity index is 2.52. The largest absolute Gasteiger partial charge is 0.355 e. The van der Waals surface area contributed by atoms with E-state index in [1.54, 1.807) is 7.05 Å². The number of aryl methyl sites for hydroxylation is 1. The molecule has 0 saturated heterocycles. The molecule has 0 unspecified atom stereocenters. The second-order valence-corrected chi connectivity index (χ2v) is 6.66. The minimum Gasteiger partial charge on any atom is -0.355 e. The zero-order chi connectivity index (χ0) is 16.1. The van der Waals surface area contributed by atoms with Crippen LogP contribution in [0, 0.1) is 5.92 Å². The van der Waals surface area contributed by atoms with Gasteiger partial charge in [0.05, 0.1) is 0 Å². The van der Waals surface area contributed by atoms with Crippen molar-refractivity contribution in [2.45, 2.75) is 65.3 Å². The molecule has 0 atom stereocenters. The van der Waals surface area contributed by atoms with Gasteiger partial charge in [-0.3, -0.25) is 9.59 Å². The zero-order valence-corrected chi connectivity index (χ0v) is 14.1. The monoisotopic (exact) mass is 304 g/mol. The Labute approximate surface area is 132 Å². The maximum atomic E-state index is 12.8. The Morgan fingerprint density at radius 3 is 2.55 bits per heavy atom. The molecule has 1 aliphatic rings. The van der Waals surface area contributed by atoms with E-state index in [2.05, 4.69) is 19.2 Å². The summed E-state index contributed by atoms with van der Waals surface area (Å²) in [5.41, 5.74) is 2.53. The molecule has 1 aromatic heterocycles. The van der Waals surface area contributed by atoms with Gasteiger partial charge in [0.25, 0.3) is 11.5 Å². The first-order valence-electron chi connectivity index (χ1n) is 8.52. The number of rotatable bonds is 4. The quantitative estimate of drug-likeness (QED) is 0.930. The molecule has 0 saturated carbocycles. The van der Waals surface area contributed by atoms with Gasteiger partial charge < -0.3 is 9.88 Å². The van der Waals surface area contributed by atoms with Crippen LogP contribution in [0.4, 0.5) is 0 Å². The summed E-state index contributed by atoms with van der Waals surface area (Å²) in [6.07, 6.45) is 7.63. The van der Waals surface area contributed by atoms with E-state index in [9.17, 15) is 9.59 Å². The number of pyridine rings is 1. The number of nitrogens with one attached hydrogen (secondary N) is 1. The molecular formula is C18H28N2O2. The van der Waals surface area contributed by atoms with E-state index < -0.39 is 0 Å². The highest BCUT2D eigenvalue weighted by molar-refractivity contribution is 5.93. The molecule has 2 rings (SSSR count). The Bertz CT molecular complexity index is 587. The number of amides is 1. The van der Waals surface area contributed by atoms with Crippen molar-refractivity contribution in [3.05, 3.63) is 33.2 Å². The molecule has 1 heterocycles. The summed E-state index contributed by atoms with van der Waals surface area (Å²) in [4.78, 5) is 24.8. The lowest BCUT2D eigenvalue weighted by Gasteiger charge is -2.21. The molecule has 0 spiro atoms. The molecule has 22 heavy (non-hydrogen) atoms. The summed E-state index contributed by atoms with van der Waals surface area (Å²) in [5.74, 6) is 0.271. The Morgan fingerprint density at radius 1 is 1.23 bits per heavy atom. The standard InChI is InChI=1S/C18H28N2O2/c1-13(2)10-11-20-16-9-7-5-4-6-8-14(16)12-15(18(20)22)17(21)19-3/h12-13H,4-11H2,1-3H3,(H,19,21). The van der Waals surface area contributed by atoms with Crippen molar-refractivity contribution in [2.24, 2.45) is 5.92 Å². The molecule has 0 aromatic carbocycles. The molecule has 0 radical (unpaired) electrons. The first kappa shape index (κ1) is 16.8. The molecular weight excluding hydrogens is 276 g/mol. The van der Waals surface area contributed by atoms with E-state index in [4.69, 9.17) is 0 Å². The maximum absolute atomic E-state index is 12.8. The van der Waals surface area contributed by atoms with E-state index in [1.165, 1.54) is 18.4 Å². The van der Waals surface area contributed by atoms with Crippen molar-refractivity contribution >= 4 is 5.91 Å². The highest BCUT2D eigenvalue weighted by Gasteiger charge is 2.19. The number of carbonyl (C=O) groups excluding carboxylic acids is 1. The number of nitrogens with zero attached hydrogens (tertiary/aromatic N) is 1. The lowest BCUT2D eigenvalue weighted by atomic mass is 9.95. The van der Waals surface area contributed by atoms with Gasteiger partial charge >= 0.3 is 0 Å². The van der Waals surface area contributed by atoms with Gasteiger partial charge in [-0.1, -0.05) is 26.7 Å². The van der Waals surface area contributed by atoms with Crippen molar-refractivity contribution < 1.29 is 4.79 Å². The lowest BCUT2D eigenvalue weighted by Crippen LogP contribution is -2.34. The molecule has 4 heteroatoms. The predicted molar refractivity (Wildman–Crippen MR) is 89.4 cm³/mol. The fourth-order valence-corrected chi connectivity index (χ4v) is 3.16. The number of carbonyl (C=O) groups is 1. The van der Waals surface area contributed by atoms with Crippen LogP contribution in [0.25, 0.3) is 0 Å². The average molecular weight is 304 g/mol. The summed E-state index contributed by atoms with van der Waals surface area (Å²) in [7, 11) is 1.58. The van der Waals surface area contributed by atoms with Crippen LogP contribution in [-0.2, 0) is 19.4 Å². The first-order chi connectivity index (χ1) is 10.5. The highest BCUT2D eigenvalue weighted by atomic mass is 16.2. The van der Waals surface area contributed by atoms with Crippen molar-refractivity contribution in [1.82, 2.24) is 9.88 Å². The van der Waals surface area contributed by atoms with E-state index in [0.29, 0.717) is 18.0 Å². The fourth-order valence-electron chi connectivity index (χ4n) is 3.16. The number of fused-ring (bicyclic) bond motifs is 1. The Morgan fingerprint density at radius 2 is 1.91 bits per heavy atom. The van der Waals surface area contributed by atoms with E-state index in [-0.39, 0.29) is 11.5 Å². The molecule has 122 valence electrons. The van der Waals surface area contributed by atoms with Crippen LogP contribution in [0.15, 0.2) is 10.9 Å². The minimum atomic E-state index is -0.270. The Kier molecular flexibility index (Phi) is 5.81. The summed E-state index contributed by atoms with van der Waals surface area (Å²) >= 11 is 0. The van der Waals surface area contributed by atoms with Gasteiger partial charge in [-0.15, -0.1) is 0 Å². The molecule has 1 amide bonds. The van der Waals surface area contributed by atoms with Gasteiger partial charge in [0.2, 0.25) is 0 Å². The summed E-state index contributed by atoms with van der Waals surface area (Å²) in [6, 6.07) is 1.84. The zero-order valence-electron chi connectivity index (χ0n) is 14.1. The van der Waals surface area contributed by atoms with Crippen LogP contribution in [0.1, 0.15) is 67.6 Å². The third-order valence-electron chi connectivity index (χ3n) is 4.50. The topological polar surface area (TPSA) is 51.1 Å². The average Bonchev–Trinajstić information content (AvgIpc) is 2.46. The molecule has 1 aliphatic carbocycles. The summed E-state index contributed by atoms with van der Waals surface area (Å²) < 4.78 is 1.88. The molecule has 0 aliphatic heterocycles. The third kappa shape index (κ3) is 3.79. The van der Waals surface area contributed by atoms with Crippen molar-refractivity contribution in [1.29, 1.82) is 0 Å². The van der Waals surface area contributed by atoms with Crippen molar-refractivity contribution in [2.75, 3.05) is 7.05 Å². The van der Waals surface area contributed by atoms with Gasteiger partial charge in [0.1, 0.15) is 5.56 Å². The normalized spacial score (nSPS) is 15.1. The molecule has 0 bridgehead atoms. The molecule has 1 aromatic rings. The third-order valence-corrected chi connectivity index (χ3v) is 4.50. The van der Waals surface area contributed by atoms with Crippen LogP contribution < -0.4 is 10.9 Å². The van der Waals surface area contributed by atoms with E-state index >= 15 is 0 Å². The molecule has 0 fully saturated rings. The number of hydrogen-bond donors (Lipinski definition) is 1. The molecule has 4 nitrogen and oxygen atoms in total. The van der Waals surface area contributed by atoms with E-state index in [0.717, 1.165) is 37.8 Å². The summed E-state index contributed by atoms with van der Waals surface area (Å²) in [5, 5.41) is 2.60. The highest BCUT2D eigenvalue weighted by Crippen LogP contribution is 2.21. The van der Waals surface area contributed by atoms with Crippen molar-refractivity contribution in [3.8, 4) is 0 Å². The first-order valence-corrected chi connectivity index (χ1v) is 8.52. The van der Waals surface area contributed by atoms with Crippen LogP contribution in [0.3, 0.4) is 0 Å². The van der Waals surface area contributed by atoms with Crippen LogP contribution >= 0.6 is 0 Å². The van der Waals surface area contributed by atoms with E-state index in [1.807, 2.05) is 10.6 Å². The number of aromatic nitrogens is 1. The van der Waals surface area contributed by atoms with Gasteiger partial charge in [-0.25, -0.2) is 0 Å². The number of hydrogen-bond acceptors (Lipinski definition) is 2. The predicted octanol–water partition coefficient (Wildman–Crippen LogP) is 2.91. The van der Waals surface area contributed by atoms with Crippen LogP contribution in [-0.4, -0.2) is 17.5 Å². The SMILES string of the molecule is CNC(=O)c1cc2c(n(CCC(C)C)c1=O)CCCCCC2. The van der Waals surface area contributed by atoms with Gasteiger partial charge in [0.15, 0.2) is 0 Å². The second kappa shape index (κ2) is 7.61. The maximum Gasteiger partial charge on any atom is 0.263 e. The van der Waals surface area contributed by atoms with Crippen LogP contribution in [0.2, 0.25) is 0 Å². The Hall–Kier alpha value is -1.58. The fraction of sp³-hybridized carbons (Fsp3) is 0.667. The molecule has 1 N–H and O–H groups in total. The van der Waals surface area contributed by atoms with Crippen LogP contribution in [0.5, 0.6) is 0 Å². The summed E-state index contributed by atoms with van der Waals surface area (Å²) in [6.45, 7) is 5.04. The lowest BCUT2D eigenvalue weighted by molar-refractivity contribution is 0.0960. The van der Waals surface area contributed by atoms with Gasteiger partial charge in [0, 0.05) is 19.3 Å². The van der Waals surface area contributed by atoms with Gasteiger partial charge in [-0.2, -0.15) is 0 Å². The van der Waals surface area contributed by atoms with Crippen molar-refractivity contribution in [3.63, 3.8) is 0 Å². The van der Waals surface area contributed by atoms with Gasteiger partial charge in [-0.05, 0) is 49.7 Å². The second-order valence-electron chi connectivity index (χ2n) is 6.66. The minimum absolute atomic E-state index is 0.126. The smallest absolute Gasteiger partial charge is 0.263 e.